The molecule has 3 rings (SSSR count). The van der Waals surface area contributed by atoms with Crippen molar-refractivity contribution >= 4 is 46.2 Å². The van der Waals surface area contributed by atoms with Gasteiger partial charge in [-0.3, -0.25) is 4.79 Å². The van der Waals surface area contributed by atoms with E-state index in [-0.39, 0.29) is 12.3 Å². The number of halogens is 2. The van der Waals surface area contributed by atoms with Crippen LogP contribution in [0.5, 0.6) is 5.75 Å². The van der Waals surface area contributed by atoms with Gasteiger partial charge in [-0.1, -0.05) is 66.9 Å². The lowest BCUT2D eigenvalue weighted by molar-refractivity contribution is -0.115. The number of benzene rings is 3. The molecule has 0 heterocycles. The summed E-state index contributed by atoms with van der Waals surface area (Å²) in [6, 6.07) is 20.3. The number of rotatable bonds is 9. The van der Waals surface area contributed by atoms with Gasteiger partial charge in [-0.15, -0.1) is 0 Å². The van der Waals surface area contributed by atoms with Crippen molar-refractivity contribution in [2.75, 3.05) is 17.2 Å². The molecule has 6 heteroatoms. The molecule has 3 aromatic rings. The Kier molecular flexibility index (Phi) is 8.00. The predicted octanol–water partition coefficient (Wildman–Crippen LogP) is 7.10. The molecule has 0 spiro atoms. The van der Waals surface area contributed by atoms with Crippen molar-refractivity contribution in [1.29, 1.82) is 0 Å². The number of carbonyl (C=O) groups is 1. The van der Waals surface area contributed by atoms with Gasteiger partial charge in [0, 0.05) is 17.4 Å². The van der Waals surface area contributed by atoms with Gasteiger partial charge >= 0.3 is 0 Å². The average molecular weight is 443 g/mol. The van der Waals surface area contributed by atoms with E-state index in [1.54, 1.807) is 18.2 Å². The number of carbonyl (C=O) groups excluding carboxylic acids is 1. The number of unbranched alkanes of at least 4 members (excludes halogenated alkanes) is 1. The van der Waals surface area contributed by atoms with Crippen LogP contribution in [-0.4, -0.2) is 12.5 Å². The molecule has 3 aromatic carbocycles. The molecule has 2 N–H and O–H groups in total. The van der Waals surface area contributed by atoms with E-state index in [2.05, 4.69) is 17.6 Å². The maximum absolute atomic E-state index is 12.7. The fraction of sp³-hybridized carbons (Fsp3) is 0.208. The van der Waals surface area contributed by atoms with E-state index < -0.39 is 0 Å². The Morgan fingerprint density at radius 1 is 0.967 bits per heavy atom. The molecule has 0 aliphatic heterocycles. The fourth-order valence-electron chi connectivity index (χ4n) is 2.92. The summed E-state index contributed by atoms with van der Waals surface area (Å²) >= 11 is 12.5. The van der Waals surface area contributed by atoms with Gasteiger partial charge in [0.25, 0.3) is 0 Å². The van der Waals surface area contributed by atoms with Gasteiger partial charge < -0.3 is 15.4 Å². The van der Waals surface area contributed by atoms with E-state index in [1.807, 2.05) is 48.5 Å². The quantitative estimate of drug-likeness (QED) is 0.347. The Hall–Kier alpha value is -2.69. The van der Waals surface area contributed by atoms with Crippen molar-refractivity contribution in [3.05, 3.63) is 82.3 Å². The Morgan fingerprint density at radius 3 is 2.47 bits per heavy atom. The number of para-hydroxylation sites is 2. The van der Waals surface area contributed by atoms with Crippen LogP contribution in [0.1, 0.15) is 25.3 Å². The third-order valence-corrected chi connectivity index (χ3v) is 5.11. The molecule has 0 saturated heterocycles. The lowest BCUT2D eigenvalue weighted by Gasteiger charge is -2.14. The van der Waals surface area contributed by atoms with Gasteiger partial charge in [0.2, 0.25) is 5.91 Å². The lowest BCUT2D eigenvalue weighted by atomic mass is 10.1. The van der Waals surface area contributed by atoms with Crippen LogP contribution < -0.4 is 15.4 Å². The molecule has 0 fully saturated rings. The smallest absolute Gasteiger partial charge is 0.228 e. The molecule has 0 bridgehead atoms. The minimum Gasteiger partial charge on any atom is -0.494 e. The topological polar surface area (TPSA) is 50.4 Å². The largest absolute Gasteiger partial charge is 0.494 e. The van der Waals surface area contributed by atoms with Crippen LogP contribution in [-0.2, 0) is 11.2 Å². The van der Waals surface area contributed by atoms with Crippen LogP contribution in [0.25, 0.3) is 0 Å². The van der Waals surface area contributed by atoms with Crippen LogP contribution in [0.2, 0.25) is 10.0 Å². The van der Waals surface area contributed by atoms with Crippen molar-refractivity contribution in [3.8, 4) is 5.75 Å². The highest BCUT2D eigenvalue weighted by Gasteiger charge is 2.12. The van der Waals surface area contributed by atoms with Crippen LogP contribution in [0.3, 0.4) is 0 Å². The summed E-state index contributed by atoms with van der Waals surface area (Å²) in [6.07, 6.45) is 2.27. The Labute approximate surface area is 187 Å². The minimum atomic E-state index is -0.125. The molecule has 30 heavy (non-hydrogen) atoms. The molecule has 156 valence electrons. The van der Waals surface area contributed by atoms with Gasteiger partial charge in [-0.2, -0.15) is 0 Å². The number of amides is 1. The van der Waals surface area contributed by atoms with Gasteiger partial charge in [0.15, 0.2) is 0 Å². The predicted molar refractivity (Wildman–Crippen MR) is 125 cm³/mol. The normalized spacial score (nSPS) is 10.5. The van der Waals surface area contributed by atoms with Crippen LogP contribution in [0.15, 0.2) is 66.7 Å². The van der Waals surface area contributed by atoms with Crippen molar-refractivity contribution in [3.63, 3.8) is 0 Å². The molecule has 0 unspecified atom stereocenters. The first kappa shape index (κ1) is 22.0. The summed E-state index contributed by atoms with van der Waals surface area (Å²) in [5, 5.41) is 7.22. The summed E-state index contributed by atoms with van der Waals surface area (Å²) in [5.41, 5.74) is 2.93. The lowest BCUT2D eigenvalue weighted by Crippen LogP contribution is -2.15. The molecule has 0 aromatic heterocycles. The number of hydrogen-bond donors (Lipinski definition) is 2. The van der Waals surface area contributed by atoms with Crippen molar-refractivity contribution in [1.82, 2.24) is 0 Å². The Balaban J connectivity index is 1.68. The summed E-state index contributed by atoms with van der Waals surface area (Å²) in [4.78, 5) is 12.7. The van der Waals surface area contributed by atoms with E-state index in [0.717, 1.165) is 29.8 Å². The van der Waals surface area contributed by atoms with Crippen molar-refractivity contribution in [2.24, 2.45) is 0 Å². The average Bonchev–Trinajstić information content (AvgIpc) is 2.72. The second-order valence-electron chi connectivity index (χ2n) is 6.83. The van der Waals surface area contributed by atoms with E-state index in [0.29, 0.717) is 28.0 Å². The molecule has 0 atom stereocenters. The molecule has 0 aliphatic carbocycles. The Bertz CT molecular complexity index is 988. The van der Waals surface area contributed by atoms with Gasteiger partial charge in [0.05, 0.1) is 28.8 Å². The second-order valence-corrected chi connectivity index (χ2v) is 7.65. The molecule has 1 amide bonds. The number of hydrogen-bond acceptors (Lipinski definition) is 3. The highest BCUT2D eigenvalue weighted by atomic mass is 35.5. The summed E-state index contributed by atoms with van der Waals surface area (Å²) in [5.74, 6) is 0.622. The zero-order valence-corrected chi connectivity index (χ0v) is 18.3. The van der Waals surface area contributed by atoms with Crippen LogP contribution in [0.4, 0.5) is 17.1 Å². The van der Waals surface area contributed by atoms with E-state index in [4.69, 9.17) is 27.9 Å². The zero-order valence-electron chi connectivity index (χ0n) is 16.8. The third kappa shape index (κ3) is 6.15. The first-order valence-electron chi connectivity index (χ1n) is 9.88. The standard InChI is InChI=1S/C24H24Cl2N2O2/c1-2-3-14-30-19-10-6-9-18(16-19)27-23(29)15-17-8-4-5-13-22(17)28-24-20(25)11-7-12-21(24)26/h4-13,16,28H,2-3,14-15H2,1H3,(H,27,29). The van der Waals surface area contributed by atoms with Crippen LogP contribution in [0, 0.1) is 0 Å². The van der Waals surface area contributed by atoms with Crippen LogP contribution >= 0.6 is 23.2 Å². The summed E-state index contributed by atoms with van der Waals surface area (Å²) in [6.45, 7) is 2.78. The van der Waals surface area contributed by atoms with Gasteiger partial charge in [-0.25, -0.2) is 0 Å². The molecule has 0 radical (unpaired) electrons. The third-order valence-electron chi connectivity index (χ3n) is 4.48. The van der Waals surface area contributed by atoms with E-state index in [1.165, 1.54) is 0 Å². The first-order valence-corrected chi connectivity index (χ1v) is 10.6. The molecular formula is C24H24Cl2N2O2. The first-order chi connectivity index (χ1) is 14.6. The monoisotopic (exact) mass is 442 g/mol. The second kappa shape index (κ2) is 10.9. The maximum atomic E-state index is 12.7. The summed E-state index contributed by atoms with van der Waals surface area (Å²) in [7, 11) is 0. The molecule has 0 aliphatic rings. The SMILES string of the molecule is CCCCOc1cccc(NC(=O)Cc2ccccc2Nc2c(Cl)cccc2Cl)c1. The maximum Gasteiger partial charge on any atom is 0.228 e. The summed E-state index contributed by atoms with van der Waals surface area (Å²) < 4.78 is 5.71. The van der Waals surface area contributed by atoms with E-state index >= 15 is 0 Å². The van der Waals surface area contributed by atoms with Gasteiger partial charge in [-0.05, 0) is 42.3 Å². The number of anilines is 3. The zero-order chi connectivity index (χ0) is 21.3. The minimum absolute atomic E-state index is 0.125. The molecule has 4 nitrogen and oxygen atoms in total. The fourth-order valence-corrected chi connectivity index (χ4v) is 3.42. The molecular weight excluding hydrogens is 419 g/mol. The van der Waals surface area contributed by atoms with Gasteiger partial charge in [0.1, 0.15) is 5.75 Å². The number of ether oxygens (including phenoxy) is 1. The highest BCUT2D eigenvalue weighted by Crippen LogP contribution is 2.33. The highest BCUT2D eigenvalue weighted by molar-refractivity contribution is 6.39. The van der Waals surface area contributed by atoms with Crippen molar-refractivity contribution in [2.45, 2.75) is 26.2 Å². The van der Waals surface area contributed by atoms with E-state index in [9.17, 15) is 4.79 Å². The molecule has 0 saturated carbocycles. The Morgan fingerprint density at radius 2 is 1.70 bits per heavy atom. The number of nitrogens with one attached hydrogen (secondary N) is 2. The van der Waals surface area contributed by atoms with Crippen molar-refractivity contribution < 1.29 is 9.53 Å².